The van der Waals surface area contributed by atoms with Gasteiger partial charge in [-0.05, 0) is 36.6 Å². The fraction of sp³-hybridized carbons (Fsp3) is 0.300. The lowest BCUT2D eigenvalue weighted by Crippen LogP contribution is -2.59. The molecule has 0 saturated heterocycles. The summed E-state index contributed by atoms with van der Waals surface area (Å²) in [7, 11) is 1.50. The molecule has 0 bridgehead atoms. The van der Waals surface area contributed by atoms with Gasteiger partial charge >= 0.3 is 18.0 Å². The average molecular weight is 535 g/mol. The molecule has 0 aromatic heterocycles. The Morgan fingerprint density at radius 3 is 2.13 bits per heavy atom. The monoisotopic (exact) mass is 534 g/mol. The van der Waals surface area contributed by atoms with Crippen molar-refractivity contribution in [1.82, 2.24) is 10.4 Å². The van der Waals surface area contributed by atoms with Gasteiger partial charge in [-0.25, -0.2) is 20.0 Å². The third kappa shape index (κ3) is 8.58. The van der Waals surface area contributed by atoms with Gasteiger partial charge in [-0.15, -0.1) is 0 Å². The number of hydrogen-bond acceptors (Lipinski definition) is 7. The maximum Gasteiger partial charge on any atom is 0.425 e. The number of rotatable bonds is 13. The van der Waals surface area contributed by atoms with Gasteiger partial charge in [0.25, 0.3) is 0 Å². The van der Waals surface area contributed by atoms with Gasteiger partial charge in [0, 0.05) is 12.8 Å². The Kier molecular flexibility index (Phi) is 10.9. The van der Waals surface area contributed by atoms with Crippen molar-refractivity contribution < 1.29 is 33.7 Å². The Morgan fingerprint density at radius 2 is 1.54 bits per heavy atom. The first-order valence-electron chi connectivity index (χ1n) is 12.6. The highest BCUT2D eigenvalue weighted by atomic mass is 16.6. The number of aliphatic carboxylic acids is 1. The topological polar surface area (TPSA) is 114 Å². The average Bonchev–Trinajstić information content (AvgIpc) is 2.94. The van der Waals surface area contributed by atoms with Crippen molar-refractivity contribution in [2.45, 2.75) is 45.4 Å². The summed E-state index contributed by atoms with van der Waals surface area (Å²) in [5, 5.41) is 11.1. The van der Waals surface area contributed by atoms with Crippen LogP contribution in [0.15, 0.2) is 78.9 Å². The summed E-state index contributed by atoms with van der Waals surface area (Å²) in [6.45, 7) is 3.56. The predicted molar refractivity (Wildman–Crippen MR) is 145 cm³/mol. The van der Waals surface area contributed by atoms with Crippen molar-refractivity contribution in [3.8, 4) is 5.75 Å². The van der Waals surface area contributed by atoms with Gasteiger partial charge in [-0.3, -0.25) is 4.79 Å². The minimum atomic E-state index is -1.29. The van der Waals surface area contributed by atoms with Crippen LogP contribution in [0.1, 0.15) is 29.2 Å². The maximum atomic E-state index is 13.5. The van der Waals surface area contributed by atoms with E-state index in [1.165, 1.54) is 7.11 Å². The molecule has 39 heavy (non-hydrogen) atoms. The van der Waals surface area contributed by atoms with Crippen molar-refractivity contribution in [2.75, 3.05) is 13.7 Å². The highest BCUT2D eigenvalue weighted by Gasteiger charge is 2.36. The lowest BCUT2D eigenvalue weighted by atomic mass is 10.0. The van der Waals surface area contributed by atoms with Crippen LogP contribution in [0.25, 0.3) is 0 Å². The van der Waals surface area contributed by atoms with Crippen molar-refractivity contribution in [3.63, 3.8) is 0 Å². The molecule has 0 aliphatic rings. The number of nitrogens with one attached hydrogen (secondary N) is 1. The standard InChI is InChI=1S/C30H34N2O7/c1-4-38-29(35)26(18-22-11-7-5-8-12-22)32(30(36)39-20-23-13-9-6-10-14-23)31-25(28(33)34)19-24-17-21(2)15-16-27(24)37-3/h5-17,25-26,31H,4,18-20H2,1-3H3,(H,33,34)/t25-,26-/m0/s1. The first-order valence-corrected chi connectivity index (χ1v) is 12.6. The first kappa shape index (κ1) is 29.2. The van der Waals surface area contributed by atoms with Gasteiger partial charge < -0.3 is 19.3 Å². The molecule has 9 nitrogen and oxygen atoms in total. The van der Waals surface area contributed by atoms with Crippen molar-refractivity contribution >= 4 is 18.0 Å². The van der Waals surface area contributed by atoms with Gasteiger partial charge in [-0.2, -0.15) is 0 Å². The van der Waals surface area contributed by atoms with Crippen molar-refractivity contribution in [3.05, 3.63) is 101 Å². The van der Waals surface area contributed by atoms with E-state index in [2.05, 4.69) is 5.43 Å². The minimum absolute atomic E-state index is 0.0243. The molecule has 3 aromatic carbocycles. The summed E-state index contributed by atoms with van der Waals surface area (Å²) in [4.78, 5) is 39.0. The van der Waals surface area contributed by atoms with E-state index in [0.29, 0.717) is 11.3 Å². The third-order valence-corrected chi connectivity index (χ3v) is 6.00. The SMILES string of the molecule is CCOC(=O)[C@H](Cc1ccccc1)N(N[C@@H](Cc1cc(C)ccc1OC)C(=O)O)C(=O)OCc1ccccc1. The van der Waals surface area contributed by atoms with Gasteiger partial charge in [0.1, 0.15) is 18.4 Å². The molecule has 3 rings (SSSR count). The summed E-state index contributed by atoms with van der Waals surface area (Å²) >= 11 is 0. The molecule has 0 aliphatic carbocycles. The largest absolute Gasteiger partial charge is 0.496 e. The number of carboxylic acid groups (broad SMARTS) is 1. The van der Waals surface area contributed by atoms with E-state index >= 15 is 0 Å². The molecule has 0 saturated carbocycles. The fourth-order valence-corrected chi connectivity index (χ4v) is 4.06. The molecule has 0 aliphatic heterocycles. The van der Waals surface area contributed by atoms with Crippen LogP contribution in [0.2, 0.25) is 0 Å². The van der Waals surface area contributed by atoms with Crippen LogP contribution in [0.4, 0.5) is 4.79 Å². The summed E-state index contributed by atoms with van der Waals surface area (Å²) in [6, 6.07) is 21.1. The molecule has 3 aromatic rings. The zero-order valence-electron chi connectivity index (χ0n) is 22.3. The molecule has 0 radical (unpaired) electrons. The minimum Gasteiger partial charge on any atom is -0.496 e. The molecule has 0 spiro atoms. The molecule has 0 fully saturated rings. The fourth-order valence-electron chi connectivity index (χ4n) is 4.06. The number of benzene rings is 3. The smallest absolute Gasteiger partial charge is 0.425 e. The highest BCUT2D eigenvalue weighted by Crippen LogP contribution is 2.22. The van der Waals surface area contributed by atoms with E-state index in [9.17, 15) is 19.5 Å². The second-order valence-electron chi connectivity index (χ2n) is 8.91. The number of hydrazine groups is 1. The summed E-state index contributed by atoms with van der Waals surface area (Å²) in [5.41, 5.74) is 5.81. The van der Waals surface area contributed by atoms with Gasteiger partial charge in [0.15, 0.2) is 6.04 Å². The number of esters is 1. The summed E-state index contributed by atoms with van der Waals surface area (Å²) in [6.07, 6.45) is -0.855. The lowest BCUT2D eigenvalue weighted by Gasteiger charge is -2.32. The zero-order chi connectivity index (χ0) is 28.2. The molecule has 1 amide bonds. The molecule has 2 atom stereocenters. The van der Waals surface area contributed by atoms with Crippen molar-refractivity contribution in [1.29, 1.82) is 0 Å². The third-order valence-electron chi connectivity index (χ3n) is 6.00. The Bertz CT molecular complexity index is 1230. The number of carbonyl (C=O) groups excluding carboxylic acids is 2. The number of nitrogens with zero attached hydrogens (tertiary/aromatic N) is 1. The van der Waals surface area contributed by atoms with Gasteiger partial charge in [-0.1, -0.05) is 78.4 Å². The molecule has 0 unspecified atom stereocenters. The van der Waals surface area contributed by atoms with E-state index in [1.807, 2.05) is 67.6 Å². The van der Waals surface area contributed by atoms with Crippen molar-refractivity contribution in [2.24, 2.45) is 0 Å². The maximum absolute atomic E-state index is 13.5. The van der Waals surface area contributed by atoms with Crippen LogP contribution in [0.5, 0.6) is 5.75 Å². The molecule has 9 heteroatoms. The molecular weight excluding hydrogens is 500 g/mol. The summed E-state index contributed by atoms with van der Waals surface area (Å²) in [5.74, 6) is -1.40. The van der Waals surface area contributed by atoms with Crippen LogP contribution < -0.4 is 10.2 Å². The van der Waals surface area contributed by atoms with E-state index in [0.717, 1.165) is 21.7 Å². The number of hydrogen-bond donors (Lipinski definition) is 2. The number of methoxy groups -OCH3 is 1. The first-order chi connectivity index (χ1) is 18.8. The van der Waals surface area contributed by atoms with Crippen LogP contribution in [-0.2, 0) is 38.5 Å². The number of carboxylic acids is 1. The van der Waals surface area contributed by atoms with E-state index < -0.39 is 30.1 Å². The van der Waals surface area contributed by atoms with E-state index in [1.54, 1.807) is 25.1 Å². The Hall–Kier alpha value is -4.37. The molecule has 206 valence electrons. The number of aryl methyl sites for hydroxylation is 1. The molecule has 2 N–H and O–H groups in total. The predicted octanol–water partition coefficient (Wildman–Crippen LogP) is 4.32. The number of ether oxygens (including phenoxy) is 3. The molecule has 0 heterocycles. The normalized spacial score (nSPS) is 12.2. The second-order valence-corrected chi connectivity index (χ2v) is 8.91. The zero-order valence-corrected chi connectivity index (χ0v) is 22.3. The summed E-state index contributed by atoms with van der Waals surface area (Å²) < 4.78 is 16.2. The van der Waals surface area contributed by atoms with Gasteiger partial charge in [0.2, 0.25) is 0 Å². The van der Waals surface area contributed by atoms with Crippen LogP contribution >= 0.6 is 0 Å². The van der Waals surface area contributed by atoms with Gasteiger partial charge in [0.05, 0.1) is 13.7 Å². The van der Waals surface area contributed by atoms with E-state index in [-0.39, 0.29) is 26.1 Å². The van der Waals surface area contributed by atoms with Crippen LogP contribution in [-0.4, -0.2) is 53.9 Å². The quantitative estimate of drug-likeness (QED) is 0.246. The Balaban J connectivity index is 1.96. The van der Waals surface area contributed by atoms with Crippen LogP contribution in [0.3, 0.4) is 0 Å². The van der Waals surface area contributed by atoms with Crippen LogP contribution in [0, 0.1) is 6.92 Å². The molecular formula is C30H34N2O7. The number of amides is 1. The Morgan fingerprint density at radius 1 is 0.897 bits per heavy atom. The highest BCUT2D eigenvalue weighted by molar-refractivity contribution is 5.82. The lowest BCUT2D eigenvalue weighted by molar-refractivity contribution is -0.152. The van der Waals surface area contributed by atoms with E-state index in [4.69, 9.17) is 14.2 Å². The Labute approximate surface area is 228 Å². The number of carbonyl (C=O) groups is 3. The second kappa shape index (κ2) is 14.5.